The molecule has 0 saturated carbocycles. The van der Waals surface area contributed by atoms with Crippen LogP contribution in [0.5, 0.6) is 11.5 Å². The number of hydrogen-bond acceptors (Lipinski definition) is 8. The van der Waals surface area contributed by atoms with Gasteiger partial charge in [0.25, 0.3) is 5.91 Å². The molecule has 0 fully saturated rings. The number of amides is 1. The summed E-state index contributed by atoms with van der Waals surface area (Å²) >= 11 is 1.47. The van der Waals surface area contributed by atoms with Crippen molar-refractivity contribution in [3.05, 3.63) is 47.5 Å². The van der Waals surface area contributed by atoms with Crippen molar-refractivity contribution in [2.45, 2.75) is 0 Å². The minimum atomic E-state index is -0.344. The SMILES string of the molecule is COc1cc(OC)cc(-c2nnc(NC(=O)c3ccc4ncsc4c3)o2)c1. The van der Waals surface area contributed by atoms with Gasteiger partial charge in [-0.1, -0.05) is 5.10 Å². The smallest absolute Gasteiger partial charge is 0.322 e. The van der Waals surface area contributed by atoms with Crippen molar-refractivity contribution in [2.24, 2.45) is 0 Å². The van der Waals surface area contributed by atoms with Gasteiger partial charge in [-0.2, -0.15) is 0 Å². The summed E-state index contributed by atoms with van der Waals surface area (Å²) in [5.74, 6) is 1.07. The number of ether oxygens (including phenoxy) is 2. The van der Waals surface area contributed by atoms with Crippen LogP contribution in [0.3, 0.4) is 0 Å². The predicted octanol–water partition coefficient (Wildman–Crippen LogP) is 3.62. The van der Waals surface area contributed by atoms with Crippen molar-refractivity contribution in [3.63, 3.8) is 0 Å². The normalized spacial score (nSPS) is 10.7. The Labute approximate surface area is 157 Å². The van der Waals surface area contributed by atoms with Crippen LogP contribution in [0.4, 0.5) is 6.01 Å². The second kappa shape index (κ2) is 7.04. The lowest BCUT2D eigenvalue weighted by molar-refractivity contribution is 0.102. The van der Waals surface area contributed by atoms with Crippen molar-refractivity contribution in [2.75, 3.05) is 19.5 Å². The quantitative estimate of drug-likeness (QED) is 0.563. The van der Waals surface area contributed by atoms with Crippen molar-refractivity contribution < 1.29 is 18.7 Å². The number of nitrogens with zero attached hydrogens (tertiary/aromatic N) is 3. The highest BCUT2D eigenvalue weighted by Crippen LogP contribution is 2.29. The number of rotatable bonds is 5. The summed E-state index contributed by atoms with van der Waals surface area (Å²) in [5.41, 5.74) is 3.68. The molecule has 9 heteroatoms. The van der Waals surface area contributed by atoms with E-state index in [2.05, 4.69) is 20.5 Å². The zero-order chi connectivity index (χ0) is 18.8. The third kappa shape index (κ3) is 3.44. The zero-order valence-electron chi connectivity index (χ0n) is 14.4. The van der Waals surface area contributed by atoms with E-state index in [9.17, 15) is 4.79 Å². The molecule has 0 saturated heterocycles. The molecule has 0 aliphatic carbocycles. The van der Waals surface area contributed by atoms with E-state index in [4.69, 9.17) is 13.9 Å². The van der Waals surface area contributed by atoms with Crippen LogP contribution < -0.4 is 14.8 Å². The molecule has 1 amide bonds. The highest BCUT2D eigenvalue weighted by Gasteiger charge is 2.15. The molecule has 0 bridgehead atoms. The minimum absolute atomic E-state index is 0.00110. The van der Waals surface area contributed by atoms with Crippen LogP contribution >= 0.6 is 11.3 Å². The second-order valence-corrected chi connectivity index (χ2v) is 6.39. The zero-order valence-corrected chi connectivity index (χ0v) is 15.2. The van der Waals surface area contributed by atoms with Gasteiger partial charge in [-0.3, -0.25) is 10.1 Å². The van der Waals surface area contributed by atoms with Crippen LogP contribution in [0, 0.1) is 0 Å². The molecule has 2 aromatic carbocycles. The highest BCUT2D eigenvalue weighted by molar-refractivity contribution is 7.16. The maximum atomic E-state index is 12.4. The first-order valence-electron chi connectivity index (χ1n) is 7.88. The summed E-state index contributed by atoms with van der Waals surface area (Å²) in [7, 11) is 3.11. The first kappa shape index (κ1) is 17.0. The van der Waals surface area contributed by atoms with E-state index in [-0.39, 0.29) is 17.8 Å². The number of thiazole rings is 1. The van der Waals surface area contributed by atoms with E-state index in [1.54, 1.807) is 56.1 Å². The number of anilines is 1. The molecule has 0 spiro atoms. The Morgan fingerprint density at radius 2 is 1.85 bits per heavy atom. The van der Waals surface area contributed by atoms with E-state index < -0.39 is 0 Å². The molecular formula is C18H14N4O4S. The van der Waals surface area contributed by atoms with Gasteiger partial charge in [-0.15, -0.1) is 16.4 Å². The molecule has 4 rings (SSSR count). The van der Waals surface area contributed by atoms with E-state index in [1.165, 1.54) is 11.3 Å². The fourth-order valence-corrected chi connectivity index (χ4v) is 3.20. The van der Waals surface area contributed by atoms with Crippen molar-refractivity contribution in [3.8, 4) is 23.0 Å². The van der Waals surface area contributed by atoms with Gasteiger partial charge >= 0.3 is 6.01 Å². The van der Waals surface area contributed by atoms with Crippen LogP contribution in [0.15, 0.2) is 46.3 Å². The fraction of sp³-hybridized carbons (Fsp3) is 0.111. The summed E-state index contributed by atoms with van der Waals surface area (Å²) in [6, 6.07) is 10.5. The minimum Gasteiger partial charge on any atom is -0.497 e. The number of benzene rings is 2. The number of methoxy groups -OCH3 is 2. The maximum absolute atomic E-state index is 12.4. The van der Waals surface area contributed by atoms with Gasteiger partial charge in [0.2, 0.25) is 5.89 Å². The van der Waals surface area contributed by atoms with Gasteiger partial charge in [0.15, 0.2) is 0 Å². The van der Waals surface area contributed by atoms with Crippen LogP contribution in [-0.2, 0) is 0 Å². The highest BCUT2D eigenvalue weighted by atomic mass is 32.1. The molecule has 0 unspecified atom stereocenters. The molecule has 0 atom stereocenters. The molecule has 136 valence electrons. The molecule has 0 aliphatic heterocycles. The Hall–Kier alpha value is -3.46. The van der Waals surface area contributed by atoms with Crippen molar-refractivity contribution in [1.82, 2.24) is 15.2 Å². The average Bonchev–Trinajstić information content (AvgIpc) is 3.36. The van der Waals surface area contributed by atoms with E-state index in [1.807, 2.05) is 0 Å². The summed E-state index contributed by atoms with van der Waals surface area (Å²) < 4.78 is 17.0. The molecule has 0 aliphatic rings. The number of hydrogen-bond donors (Lipinski definition) is 1. The molecule has 4 aromatic rings. The number of fused-ring (bicyclic) bond motifs is 1. The lowest BCUT2D eigenvalue weighted by Gasteiger charge is -2.05. The summed E-state index contributed by atoms with van der Waals surface area (Å²) in [6.45, 7) is 0. The van der Waals surface area contributed by atoms with Gasteiger partial charge < -0.3 is 13.9 Å². The van der Waals surface area contributed by atoms with Crippen LogP contribution in [-0.4, -0.2) is 35.3 Å². The standard InChI is InChI=1S/C18H14N4O4S/c1-24-12-5-11(6-13(8-12)25-2)17-21-22-18(26-17)20-16(23)10-3-4-14-15(7-10)27-9-19-14/h3-9H,1-2H3,(H,20,22,23). The van der Waals surface area contributed by atoms with E-state index in [0.717, 1.165) is 10.2 Å². The third-order valence-corrected chi connectivity index (χ3v) is 4.63. The van der Waals surface area contributed by atoms with Crippen LogP contribution in [0.2, 0.25) is 0 Å². The Kier molecular flexibility index (Phi) is 4.43. The molecule has 1 N–H and O–H groups in total. The summed E-state index contributed by atoms with van der Waals surface area (Å²) in [5, 5.41) is 10.5. The molecule has 2 heterocycles. The van der Waals surface area contributed by atoms with Gasteiger partial charge in [-0.05, 0) is 30.3 Å². The Balaban J connectivity index is 1.56. The first-order chi connectivity index (χ1) is 13.2. The van der Waals surface area contributed by atoms with Gasteiger partial charge in [0, 0.05) is 17.2 Å². The third-order valence-electron chi connectivity index (χ3n) is 3.84. The average molecular weight is 382 g/mol. The summed E-state index contributed by atoms with van der Waals surface area (Å²) in [6.07, 6.45) is 0. The molecular weight excluding hydrogens is 368 g/mol. The molecule has 8 nitrogen and oxygen atoms in total. The number of carbonyl (C=O) groups excluding carboxylic acids is 1. The van der Waals surface area contributed by atoms with Crippen molar-refractivity contribution >= 4 is 33.5 Å². The predicted molar refractivity (Wildman–Crippen MR) is 100 cm³/mol. The summed E-state index contributed by atoms with van der Waals surface area (Å²) in [4.78, 5) is 16.6. The largest absolute Gasteiger partial charge is 0.497 e. The molecule has 2 aromatic heterocycles. The topological polar surface area (TPSA) is 99.4 Å². The Bertz CT molecular complexity index is 1100. The fourth-order valence-electron chi connectivity index (χ4n) is 2.49. The molecule has 27 heavy (non-hydrogen) atoms. The van der Waals surface area contributed by atoms with Crippen molar-refractivity contribution in [1.29, 1.82) is 0 Å². The van der Waals surface area contributed by atoms with E-state index in [0.29, 0.717) is 22.6 Å². The van der Waals surface area contributed by atoms with Gasteiger partial charge in [0.05, 0.1) is 29.9 Å². The van der Waals surface area contributed by atoms with Crippen LogP contribution in [0.1, 0.15) is 10.4 Å². The monoisotopic (exact) mass is 382 g/mol. The van der Waals surface area contributed by atoms with Crippen LogP contribution in [0.25, 0.3) is 21.7 Å². The lowest BCUT2D eigenvalue weighted by Crippen LogP contribution is -2.11. The number of aromatic nitrogens is 3. The number of nitrogens with one attached hydrogen (secondary N) is 1. The molecule has 0 radical (unpaired) electrons. The second-order valence-electron chi connectivity index (χ2n) is 5.50. The Morgan fingerprint density at radius 3 is 2.59 bits per heavy atom. The van der Waals surface area contributed by atoms with Gasteiger partial charge in [0.1, 0.15) is 11.5 Å². The Morgan fingerprint density at radius 1 is 1.07 bits per heavy atom. The van der Waals surface area contributed by atoms with E-state index >= 15 is 0 Å². The lowest BCUT2D eigenvalue weighted by atomic mass is 10.2. The maximum Gasteiger partial charge on any atom is 0.322 e. The van der Waals surface area contributed by atoms with Gasteiger partial charge in [-0.25, -0.2) is 4.98 Å². The first-order valence-corrected chi connectivity index (χ1v) is 8.76. The number of carbonyl (C=O) groups is 1.